The Morgan fingerprint density at radius 2 is 2.28 bits per heavy atom. The lowest BCUT2D eigenvalue weighted by atomic mass is 9.78. The molecule has 1 aliphatic rings. The van der Waals surface area contributed by atoms with Gasteiger partial charge in [-0.2, -0.15) is 10.4 Å². The number of amides is 1. The van der Waals surface area contributed by atoms with Crippen LogP contribution in [0.2, 0.25) is 0 Å². The molecule has 1 amide bonds. The molecule has 0 atom stereocenters. The van der Waals surface area contributed by atoms with E-state index in [0.717, 1.165) is 31.4 Å². The molecule has 0 aromatic carbocycles. The average Bonchev–Trinajstić information content (AvgIpc) is 2.79. The van der Waals surface area contributed by atoms with Crippen LogP contribution in [0.25, 0.3) is 0 Å². The van der Waals surface area contributed by atoms with Crippen LogP contribution < -0.4 is 5.32 Å². The Kier molecular flexibility index (Phi) is 3.37. The largest absolute Gasteiger partial charge is 0.334 e. The first-order chi connectivity index (χ1) is 8.56. The van der Waals surface area contributed by atoms with Crippen molar-refractivity contribution in [1.29, 1.82) is 5.26 Å². The zero-order valence-electron chi connectivity index (χ0n) is 10.8. The Bertz CT molecular complexity index is 477. The van der Waals surface area contributed by atoms with Crippen molar-refractivity contribution in [2.75, 3.05) is 0 Å². The molecule has 1 aliphatic carbocycles. The SMILES string of the molecule is Cc1[nH]ncc1C(=O)NC1(C#N)CCC(C)CC1. The maximum atomic E-state index is 12.1. The summed E-state index contributed by atoms with van der Waals surface area (Å²) >= 11 is 0. The van der Waals surface area contributed by atoms with Crippen LogP contribution in [0.4, 0.5) is 0 Å². The van der Waals surface area contributed by atoms with E-state index in [2.05, 4.69) is 28.5 Å². The van der Waals surface area contributed by atoms with Gasteiger partial charge in [0.05, 0.1) is 17.8 Å². The summed E-state index contributed by atoms with van der Waals surface area (Å²) in [7, 11) is 0. The van der Waals surface area contributed by atoms with Crippen LogP contribution in [-0.2, 0) is 0 Å². The smallest absolute Gasteiger partial charge is 0.255 e. The Labute approximate surface area is 107 Å². The summed E-state index contributed by atoms with van der Waals surface area (Å²) in [4.78, 5) is 12.1. The molecule has 0 bridgehead atoms. The number of H-pyrrole nitrogens is 1. The second kappa shape index (κ2) is 4.81. The Balaban J connectivity index is 2.10. The molecule has 1 aromatic rings. The molecule has 0 aliphatic heterocycles. The van der Waals surface area contributed by atoms with Crippen molar-refractivity contribution >= 4 is 5.91 Å². The highest BCUT2D eigenvalue weighted by atomic mass is 16.1. The van der Waals surface area contributed by atoms with Crippen LogP contribution in [0, 0.1) is 24.2 Å². The van der Waals surface area contributed by atoms with Gasteiger partial charge in [-0.15, -0.1) is 0 Å². The molecule has 1 heterocycles. The number of aryl methyl sites for hydroxylation is 1. The van der Waals surface area contributed by atoms with E-state index in [-0.39, 0.29) is 5.91 Å². The molecule has 5 nitrogen and oxygen atoms in total. The lowest BCUT2D eigenvalue weighted by molar-refractivity contribution is 0.0893. The number of aromatic nitrogens is 2. The second-order valence-corrected chi connectivity index (χ2v) is 5.24. The highest BCUT2D eigenvalue weighted by Crippen LogP contribution is 2.31. The molecule has 96 valence electrons. The fraction of sp³-hybridized carbons (Fsp3) is 0.615. The molecule has 5 heteroatoms. The number of aromatic amines is 1. The van der Waals surface area contributed by atoms with E-state index in [1.807, 2.05) is 0 Å². The van der Waals surface area contributed by atoms with Crippen molar-refractivity contribution in [3.8, 4) is 6.07 Å². The first-order valence-corrected chi connectivity index (χ1v) is 6.30. The number of rotatable bonds is 2. The number of hydrogen-bond donors (Lipinski definition) is 2. The average molecular weight is 246 g/mol. The fourth-order valence-corrected chi connectivity index (χ4v) is 2.38. The third-order valence-corrected chi connectivity index (χ3v) is 3.77. The van der Waals surface area contributed by atoms with E-state index in [9.17, 15) is 10.1 Å². The van der Waals surface area contributed by atoms with Gasteiger partial charge in [-0.1, -0.05) is 6.92 Å². The molecular weight excluding hydrogens is 228 g/mol. The quantitative estimate of drug-likeness (QED) is 0.836. The molecular formula is C13H18N4O. The van der Waals surface area contributed by atoms with Gasteiger partial charge in [-0.25, -0.2) is 0 Å². The van der Waals surface area contributed by atoms with E-state index < -0.39 is 5.54 Å². The first kappa shape index (κ1) is 12.6. The highest BCUT2D eigenvalue weighted by molar-refractivity contribution is 5.95. The van der Waals surface area contributed by atoms with Crippen molar-refractivity contribution in [3.63, 3.8) is 0 Å². The molecule has 0 unspecified atom stereocenters. The maximum Gasteiger partial charge on any atom is 0.255 e. The van der Waals surface area contributed by atoms with Gasteiger partial charge < -0.3 is 5.32 Å². The van der Waals surface area contributed by atoms with Gasteiger partial charge in [-0.3, -0.25) is 9.89 Å². The molecule has 2 N–H and O–H groups in total. The fourth-order valence-electron chi connectivity index (χ4n) is 2.38. The van der Waals surface area contributed by atoms with Crippen LogP contribution in [0.15, 0.2) is 6.20 Å². The second-order valence-electron chi connectivity index (χ2n) is 5.24. The maximum absolute atomic E-state index is 12.1. The summed E-state index contributed by atoms with van der Waals surface area (Å²) in [5.41, 5.74) is 0.542. The van der Waals surface area contributed by atoms with Gasteiger partial charge >= 0.3 is 0 Å². The van der Waals surface area contributed by atoms with Gasteiger partial charge in [0, 0.05) is 5.69 Å². The Hall–Kier alpha value is -1.83. The van der Waals surface area contributed by atoms with Crippen molar-refractivity contribution in [1.82, 2.24) is 15.5 Å². The minimum atomic E-state index is -0.701. The molecule has 0 saturated heterocycles. The molecule has 1 fully saturated rings. The summed E-state index contributed by atoms with van der Waals surface area (Å²) in [5.74, 6) is 0.427. The van der Waals surface area contributed by atoms with E-state index in [4.69, 9.17) is 0 Å². The van der Waals surface area contributed by atoms with E-state index in [1.165, 1.54) is 6.20 Å². The van der Waals surface area contributed by atoms with Crippen molar-refractivity contribution < 1.29 is 4.79 Å². The Morgan fingerprint density at radius 3 is 2.78 bits per heavy atom. The van der Waals surface area contributed by atoms with Gasteiger partial charge in [0.1, 0.15) is 5.54 Å². The zero-order chi connectivity index (χ0) is 13.2. The summed E-state index contributed by atoms with van der Waals surface area (Å²) in [6, 6.07) is 2.29. The number of nitrogens with zero attached hydrogens (tertiary/aromatic N) is 2. The van der Waals surface area contributed by atoms with E-state index in [0.29, 0.717) is 11.5 Å². The zero-order valence-corrected chi connectivity index (χ0v) is 10.8. The number of nitrogens with one attached hydrogen (secondary N) is 2. The van der Waals surface area contributed by atoms with Gasteiger partial charge in [0.15, 0.2) is 0 Å². The van der Waals surface area contributed by atoms with Crippen LogP contribution >= 0.6 is 0 Å². The highest BCUT2D eigenvalue weighted by Gasteiger charge is 2.36. The summed E-state index contributed by atoms with van der Waals surface area (Å²) in [6.07, 6.45) is 4.93. The molecule has 0 spiro atoms. The predicted molar refractivity (Wildman–Crippen MR) is 66.8 cm³/mol. The first-order valence-electron chi connectivity index (χ1n) is 6.30. The number of carbonyl (C=O) groups excluding carboxylic acids is 1. The lowest BCUT2D eigenvalue weighted by Crippen LogP contribution is -2.49. The summed E-state index contributed by atoms with van der Waals surface area (Å²) < 4.78 is 0. The molecule has 0 radical (unpaired) electrons. The van der Waals surface area contributed by atoms with Crippen molar-refractivity contribution in [2.24, 2.45) is 5.92 Å². The van der Waals surface area contributed by atoms with Crippen molar-refractivity contribution in [3.05, 3.63) is 17.5 Å². The standard InChI is InChI=1S/C13H18N4O/c1-9-3-5-13(8-14,6-4-9)16-12(18)11-7-15-17-10(11)2/h7,9H,3-6H2,1-2H3,(H,15,17)(H,16,18). The summed E-state index contributed by atoms with van der Waals surface area (Å²) in [6.45, 7) is 3.98. The predicted octanol–water partition coefficient (Wildman–Crippen LogP) is 1.92. The molecule has 18 heavy (non-hydrogen) atoms. The Morgan fingerprint density at radius 1 is 1.61 bits per heavy atom. The topological polar surface area (TPSA) is 81.6 Å². The van der Waals surface area contributed by atoms with Crippen LogP contribution in [-0.4, -0.2) is 21.6 Å². The van der Waals surface area contributed by atoms with Gasteiger partial charge in [-0.05, 0) is 38.5 Å². The van der Waals surface area contributed by atoms with E-state index in [1.54, 1.807) is 6.92 Å². The van der Waals surface area contributed by atoms with Crippen LogP contribution in [0.1, 0.15) is 48.7 Å². The molecule has 1 saturated carbocycles. The lowest BCUT2D eigenvalue weighted by Gasteiger charge is -2.34. The summed E-state index contributed by atoms with van der Waals surface area (Å²) in [5, 5.41) is 18.8. The van der Waals surface area contributed by atoms with Gasteiger partial charge in [0.2, 0.25) is 0 Å². The molecule has 2 rings (SSSR count). The van der Waals surface area contributed by atoms with Crippen molar-refractivity contribution in [2.45, 2.75) is 45.1 Å². The molecule has 1 aromatic heterocycles. The monoisotopic (exact) mass is 246 g/mol. The van der Waals surface area contributed by atoms with Crippen LogP contribution in [0.5, 0.6) is 0 Å². The third-order valence-electron chi connectivity index (χ3n) is 3.77. The number of carbonyl (C=O) groups is 1. The normalized spacial score (nSPS) is 27.5. The van der Waals surface area contributed by atoms with Gasteiger partial charge in [0.25, 0.3) is 5.91 Å². The number of nitriles is 1. The van der Waals surface area contributed by atoms with E-state index >= 15 is 0 Å². The van der Waals surface area contributed by atoms with Crippen LogP contribution in [0.3, 0.4) is 0 Å². The minimum absolute atomic E-state index is 0.211. The number of hydrogen-bond acceptors (Lipinski definition) is 3. The minimum Gasteiger partial charge on any atom is -0.334 e. The third kappa shape index (κ3) is 2.37.